The minimum atomic E-state index is 0.656. The molecule has 21 heavy (non-hydrogen) atoms. The van der Waals surface area contributed by atoms with Crippen molar-refractivity contribution in [1.82, 2.24) is 10.2 Å². The minimum Gasteiger partial charge on any atom is -0.369 e. The SMILES string of the molecule is CCCC(C)NCCN1CCN(c2cccc(C)c2)CC1. The fourth-order valence-corrected chi connectivity index (χ4v) is 3.06. The molecule has 1 fully saturated rings. The smallest absolute Gasteiger partial charge is 0.0369 e. The van der Waals surface area contributed by atoms with Crippen LogP contribution in [-0.4, -0.2) is 50.2 Å². The van der Waals surface area contributed by atoms with Gasteiger partial charge in [0.05, 0.1) is 0 Å². The molecule has 0 aliphatic carbocycles. The van der Waals surface area contributed by atoms with Gasteiger partial charge in [-0.1, -0.05) is 25.5 Å². The van der Waals surface area contributed by atoms with Gasteiger partial charge in [0.25, 0.3) is 0 Å². The Hall–Kier alpha value is -1.06. The molecule has 1 heterocycles. The molecule has 1 atom stereocenters. The second-order valence-corrected chi connectivity index (χ2v) is 6.31. The van der Waals surface area contributed by atoms with Crippen molar-refractivity contribution in [3.8, 4) is 0 Å². The average molecular weight is 289 g/mol. The summed E-state index contributed by atoms with van der Waals surface area (Å²) < 4.78 is 0. The van der Waals surface area contributed by atoms with Gasteiger partial charge in [-0.3, -0.25) is 4.90 Å². The van der Waals surface area contributed by atoms with Gasteiger partial charge in [0.15, 0.2) is 0 Å². The zero-order valence-electron chi connectivity index (χ0n) is 13.9. The topological polar surface area (TPSA) is 18.5 Å². The minimum absolute atomic E-state index is 0.656. The second-order valence-electron chi connectivity index (χ2n) is 6.31. The Balaban J connectivity index is 1.69. The highest BCUT2D eigenvalue weighted by Crippen LogP contribution is 2.17. The van der Waals surface area contributed by atoms with Gasteiger partial charge >= 0.3 is 0 Å². The lowest BCUT2D eigenvalue weighted by molar-refractivity contribution is 0.254. The van der Waals surface area contributed by atoms with E-state index in [4.69, 9.17) is 0 Å². The first-order chi connectivity index (χ1) is 10.2. The summed E-state index contributed by atoms with van der Waals surface area (Å²) in [7, 11) is 0. The van der Waals surface area contributed by atoms with Gasteiger partial charge in [-0.25, -0.2) is 0 Å². The van der Waals surface area contributed by atoms with Crippen LogP contribution in [0.4, 0.5) is 5.69 Å². The second kappa shape index (κ2) is 8.40. The Bertz CT molecular complexity index is 411. The van der Waals surface area contributed by atoms with Crippen molar-refractivity contribution in [1.29, 1.82) is 0 Å². The lowest BCUT2D eigenvalue weighted by atomic mass is 10.2. The Morgan fingerprint density at radius 2 is 1.95 bits per heavy atom. The molecule has 1 aliphatic rings. The maximum absolute atomic E-state index is 3.63. The van der Waals surface area contributed by atoms with Crippen LogP contribution < -0.4 is 10.2 Å². The molecule has 1 N–H and O–H groups in total. The molecule has 1 unspecified atom stereocenters. The van der Waals surface area contributed by atoms with Gasteiger partial charge < -0.3 is 10.2 Å². The number of benzene rings is 1. The molecule has 0 spiro atoms. The first-order valence-corrected chi connectivity index (χ1v) is 8.46. The molecule has 1 saturated heterocycles. The molecule has 1 aromatic rings. The van der Waals surface area contributed by atoms with E-state index in [1.807, 2.05) is 0 Å². The maximum atomic E-state index is 3.63. The molecule has 0 bridgehead atoms. The number of nitrogens with one attached hydrogen (secondary N) is 1. The summed E-state index contributed by atoms with van der Waals surface area (Å²) in [5, 5.41) is 3.63. The van der Waals surface area contributed by atoms with Gasteiger partial charge in [-0.05, 0) is 38.0 Å². The summed E-state index contributed by atoms with van der Waals surface area (Å²) in [5.74, 6) is 0. The number of rotatable bonds is 7. The van der Waals surface area contributed by atoms with E-state index < -0.39 is 0 Å². The van der Waals surface area contributed by atoms with E-state index in [0.29, 0.717) is 6.04 Å². The van der Waals surface area contributed by atoms with E-state index in [1.165, 1.54) is 43.7 Å². The third-order valence-electron chi connectivity index (χ3n) is 4.38. The first kappa shape index (κ1) is 16.3. The highest BCUT2D eigenvalue weighted by atomic mass is 15.3. The molecule has 118 valence electrons. The van der Waals surface area contributed by atoms with Crippen LogP contribution in [0.3, 0.4) is 0 Å². The lowest BCUT2D eigenvalue weighted by Crippen LogP contribution is -2.48. The Labute approximate surface area is 130 Å². The molecule has 0 saturated carbocycles. The maximum Gasteiger partial charge on any atom is 0.0369 e. The normalized spacial score (nSPS) is 18.0. The first-order valence-electron chi connectivity index (χ1n) is 8.46. The van der Waals surface area contributed by atoms with Crippen LogP contribution in [0.5, 0.6) is 0 Å². The van der Waals surface area contributed by atoms with E-state index >= 15 is 0 Å². The summed E-state index contributed by atoms with van der Waals surface area (Å²) in [6.07, 6.45) is 2.55. The van der Waals surface area contributed by atoms with E-state index in [1.54, 1.807) is 0 Å². The van der Waals surface area contributed by atoms with Crippen LogP contribution in [-0.2, 0) is 0 Å². The summed E-state index contributed by atoms with van der Waals surface area (Å²) in [4.78, 5) is 5.09. The zero-order chi connectivity index (χ0) is 15.1. The van der Waals surface area contributed by atoms with E-state index in [9.17, 15) is 0 Å². The van der Waals surface area contributed by atoms with Crippen molar-refractivity contribution in [2.45, 2.75) is 39.7 Å². The Morgan fingerprint density at radius 3 is 2.62 bits per heavy atom. The number of hydrogen-bond donors (Lipinski definition) is 1. The molecule has 1 aliphatic heterocycles. The number of anilines is 1. The molecule has 3 heteroatoms. The van der Waals surface area contributed by atoms with Gasteiger partial charge in [0.1, 0.15) is 0 Å². The van der Waals surface area contributed by atoms with Crippen LogP contribution in [0.15, 0.2) is 24.3 Å². The Morgan fingerprint density at radius 1 is 1.19 bits per heavy atom. The van der Waals surface area contributed by atoms with Crippen molar-refractivity contribution >= 4 is 5.69 Å². The monoisotopic (exact) mass is 289 g/mol. The van der Waals surface area contributed by atoms with E-state index in [0.717, 1.165) is 19.6 Å². The van der Waals surface area contributed by atoms with E-state index in [-0.39, 0.29) is 0 Å². The molecular formula is C18H31N3. The summed E-state index contributed by atoms with van der Waals surface area (Å²) in [6, 6.07) is 9.52. The summed E-state index contributed by atoms with van der Waals surface area (Å²) in [5.41, 5.74) is 2.73. The van der Waals surface area contributed by atoms with Gasteiger partial charge in [-0.2, -0.15) is 0 Å². The number of hydrogen-bond acceptors (Lipinski definition) is 3. The summed E-state index contributed by atoms with van der Waals surface area (Å²) >= 11 is 0. The van der Waals surface area contributed by atoms with E-state index in [2.05, 4.69) is 60.2 Å². The highest BCUT2D eigenvalue weighted by molar-refractivity contribution is 5.48. The van der Waals surface area contributed by atoms with Gasteiger partial charge in [-0.15, -0.1) is 0 Å². The van der Waals surface area contributed by atoms with Crippen LogP contribution in [0, 0.1) is 6.92 Å². The largest absolute Gasteiger partial charge is 0.369 e. The molecule has 2 rings (SSSR count). The fraction of sp³-hybridized carbons (Fsp3) is 0.667. The molecule has 0 amide bonds. The van der Waals surface area contributed by atoms with Crippen LogP contribution in [0.25, 0.3) is 0 Å². The third-order valence-corrected chi connectivity index (χ3v) is 4.38. The lowest BCUT2D eigenvalue weighted by Gasteiger charge is -2.36. The quantitative estimate of drug-likeness (QED) is 0.832. The van der Waals surface area contributed by atoms with Gasteiger partial charge in [0, 0.05) is 51.0 Å². The third kappa shape index (κ3) is 5.33. The number of piperazine rings is 1. The molecule has 3 nitrogen and oxygen atoms in total. The van der Waals surface area contributed by atoms with Crippen LogP contribution in [0.1, 0.15) is 32.3 Å². The number of nitrogens with zero attached hydrogens (tertiary/aromatic N) is 2. The van der Waals surface area contributed by atoms with Crippen LogP contribution in [0.2, 0.25) is 0 Å². The highest BCUT2D eigenvalue weighted by Gasteiger charge is 2.16. The van der Waals surface area contributed by atoms with Crippen molar-refractivity contribution in [2.75, 3.05) is 44.2 Å². The van der Waals surface area contributed by atoms with Crippen LogP contribution >= 0.6 is 0 Å². The fourth-order valence-electron chi connectivity index (χ4n) is 3.06. The number of aryl methyl sites for hydroxylation is 1. The molecule has 0 aromatic heterocycles. The molecule has 0 radical (unpaired) electrons. The van der Waals surface area contributed by atoms with Crippen molar-refractivity contribution in [3.05, 3.63) is 29.8 Å². The van der Waals surface area contributed by atoms with Crippen molar-refractivity contribution in [3.63, 3.8) is 0 Å². The van der Waals surface area contributed by atoms with Crippen molar-refractivity contribution < 1.29 is 0 Å². The standard InChI is InChI=1S/C18H31N3/c1-4-6-17(3)19-9-10-20-11-13-21(14-12-20)18-8-5-7-16(2)15-18/h5,7-8,15,17,19H,4,6,9-14H2,1-3H3. The van der Waals surface area contributed by atoms with Crippen molar-refractivity contribution in [2.24, 2.45) is 0 Å². The average Bonchev–Trinajstić information content (AvgIpc) is 2.48. The molecular weight excluding hydrogens is 258 g/mol. The predicted molar refractivity (Wildman–Crippen MR) is 92.2 cm³/mol. The zero-order valence-corrected chi connectivity index (χ0v) is 13.9. The summed E-state index contributed by atoms with van der Waals surface area (Å²) in [6.45, 7) is 13.7. The molecule has 1 aromatic carbocycles. The van der Waals surface area contributed by atoms with Gasteiger partial charge in [0.2, 0.25) is 0 Å². The Kier molecular flexibility index (Phi) is 6.52. The predicted octanol–water partition coefficient (Wildman–Crippen LogP) is 2.90.